The lowest BCUT2D eigenvalue weighted by molar-refractivity contribution is 0.398. The first-order chi connectivity index (χ1) is 7.20. The van der Waals surface area contributed by atoms with E-state index in [0.29, 0.717) is 5.33 Å². The highest BCUT2D eigenvalue weighted by Gasteiger charge is 2.06. The summed E-state index contributed by atoms with van der Waals surface area (Å²) in [6, 6.07) is 7.75. The number of alkyl halides is 1. The van der Waals surface area contributed by atoms with Gasteiger partial charge in [0.25, 0.3) is 0 Å². The molecule has 1 aromatic carbocycles. The highest BCUT2D eigenvalue weighted by atomic mass is 79.9. The maximum atomic E-state index is 6.04. The van der Waals surface area contributed by atoms with E-state index in [1.54, 1.807) is 0 Å². The highest BCUT2D eigenvalue weighted by molar-refractivity contribution is 9.08. The first-order valence-corrected chi connectivity index (χ1v) is 5.98. The minimum atomic E-state index is 0.666. The first kappa shape index (κ1) is 10.7. The molecule has 0 saturated heterocycles. The van der Waals surface area contributed by atoms with Crippen LogP contribution in [-0.4, -0.2) is 5.16 Å². The summed E-state index contributed by atoms with van der Waals surface area (Å²) in [7, 11) is 0. The molecule has 0 aliphatic heterocycles. The molecule has 0 aliphatic carbocycles. The maximum Gasteiger partial charge on any atom is 0.147 e. The van der Waals surface area contributed by atoms with Crippen LogP contribution in [0.3, 0.4) is 0 Å². The Morgan fingerprint density at radius 2 is 2.20 bits per heavy atom. The molecule has 0 bridgehead atoms. The average Bonchev–Trinajstić information content (AvgIpc) is 2.70. The van der Waals surface area contributed by atoms with Crippen LogP contribution in [0, 0.1) is 6.92 Å². The van der Waals surface area contributed by atoms with Crippen molar-refractivity contribution in [2.45, 2.75) is 12.3 Å². The van der Waals surface area contributed by atoms with E-state index in [1.165, 1.54) is 0 Å². The van der Waals surface area contributed by atoms with E-state index in [9.17, 15) is 0 Å². The molecule has 1 heterocycles. The number of hydrogen-bond acceptors (Lipinski definition) is 2. The zero-order valence-corrected chi connectivity index (χ0v) is 10.5. The minimum Gasteiger partial charge on any atom is -0.360 e. The quantitative estimate of drug-likeness (QED) is 0.773. The van der Waals surface area contributed by atoms with Gasteiger partial charge in [-0.15, -0.1) is 0 Å². The van der Waals surface area contributed by atoms with Crippen molar-refractivity contribution in [3.8, 4) is 11.3 Å². The first-order valence-electron chi connectivity index (χ1n) is 4.49. The van der Waals surface area contributed by atoms with Crippen LogP contribution < -0.4 is 0 Å². The summed E-state index contributed by atoms with van der Waals surface area (Å²) < 4.78 is 5.10. The molecular formula is C11H9BrClNO. The Labute approximate surface area is 101 Å². The molecular weight excluding hydrogens is 277 g/mol. The van der Waals surface area contributed by atoms with E-state index >= 15 is 0 Å². The van der Waals surface area contributed by atoms with Gasteiger partial charge in [0.05, 0.1) is 5.33 Å². The number of benzene rings is 1. The van der Waals surface area contributed by atoms with Crippen LogP contribution in [0.5, 0.6) is 0 Å². The Kier molecular flexibility index (Phi) is 3.12. The van der Waals surface area contributed by atoms with Gasteiger partial charge >= 0.3 is 0 Å². The van der Waals surface area contributed by atoms with Crippen molar-refractivity contribution in [3.63, 3.8) is 0 Å². The van der Waals surface area contributed by atoms with Crippen LogP contribution in [-0.2, 0) is 5.33 Å². The van der Waals surface area contributed by atoms with Crippen molar-refractivity contribution < 1.29 is 4.52 Å². The third kappa shape index (κ3) is 2.24. The zero-order chi connectivity index (χ0) is 10.8. The van der Waals surface area contributed by atoms with E-state index < -0.39 is 0 Å². The van der Waals surface area contributed by atoms with Crippen LogP contribution in [0.15, 0.2) is 28.8 Å². The van der Waals surface area contributed by atoms with Crippen LogP contribution >= 0.6 is 27.5 Å². The summed E-state index contributed by atoms with van der Waals surface area (Å²) in [6.45, 7) is 1.97. The van der Waals surface area contributed by atoms with Gasteiger partial charge in [0.1, 0.15) is 11.5 Å². The Hall–Kier alpha value is -0.800. The molecule has 0 amide bonds. The third-order valence-electron chi connectivity index (χ3n) is 2.16. The molecule has 4 heteroatoms. The van der Waals surface area contributed by atoms with Gasteiger partial charge in [0.15, 0.2) is 0 Å². The van der Waals surface area contributed by atoms with Gasteiger partial charge in [-0.25, -0.2) is 0 Å². The number of rotatable bonds is 2. The van der Waals surface area contributed by atoms with E-state index in [4.69, 9.17) is 16.1 Å². The predicted molar refractivity (Wildman–Crippen MR) is 64.3 cm³/mol. The molecule has 0 unspecified atom stereocenters. The molecule has 78 valence electrons. The lowest BCUT2D eigenvalue weighted by Crippen LogP contribution is -1.79. The summed E-state index contributed by atoms with van der Waals surface area (Å²) in [5, 5.41) is 5.38. The smallest absolute Gasteiger partial charge is 0.147 e. The third-order valence-corrected chi connectivity index (χ3v) is 3.12. The summed E-state index contributed by atoms with van der Waals surface area (Å²) in [5.41, 5.74) is 2.84. The van der Waals surface area contributed by atoms with Gasteiger partial charge in [-0.05, 0) is 18.6 Å². The summed E-state index contributed by atoms with van der Waals surface area (Å²) in [6.07, 6.45) is 0. The number of aromatic nitrogens is 1. The van der Waals surface area contributed by atoms with E-state index in [0.717, 1.165) is 27.6 Å². The van der Waals surface area contributed by atoms with Gasteiger partial charge in [-0.1, -0.05) is 44.8 Å². The molecule has 0 N–H and O–H groups in total. The molecule has 1 aromatic heterocycles. The molecule has 0 fully saturated rings. The molecule has 2 aromatic rings. The van der Waals surface area contributed by atoms with Crippen molar-refractivity contribution in [2.24, 2.45) is 0 Å². The van der Waals surface area contributed by atoms with Gasteiger partial charge in [-0.2, -0.15) is 0 Å². The molecule has 15 heavy (non-hydrogen) atoms. The fourth-order valence-electron chi connectivity index (χ4n) is 1.26. The monoisotopic (exact) mass is 285 g/mol. The summed E-state index contributed by atoms with van der Waals surface area (Å²) in [5.74, 6) is 0.807. The molecule has 0 saturated carbocycles. The molecule has 0 spiro atoms. The Bertz CT molecular complexity index is 481. The Morgan fingerprint density at radius 1 is 1.40 bits per heavy atom. The van der Waals surface area contributed by atoms with E-state index in [1.807, 2.05) is 31.2 Å². The van der Waals surface area contributed by atoms with Gasteiger partial charge in [0.2, 0.25) is 0 Å². The SMILES string of the molecule is Cc1ccc(-c2cc(CBr)on2)cc1Cl. The molecule has 0 radical (unpaired) electrons. The number of aryl methyl sites for hydroxylation is 1. The fraction of sp³-hybridized carbons (Fsp3) is 0.182. The number of halogens is 2. The minimum absolute atomic E-state index is 0.666. The second-order valence-electron chi connectivity index (χ2n) is 3.28. The number of nitrogens with zero attached hydrogens (tertiary/aromatic N) is 1. The Balaban J connectivity index is 2.40. The van der Waals surface area contributed by atoms with Crippen molar-refractivity contribution in [3.05, 3.63) is 40.6 Å². The van der Waals surface area contributed by atoms with Crippen LogP contribution in [0.25, 0.3) is 11.3 Å². The average molecular weight is 287 g/mol. The predicted octanol–water partition coefficient (Wildman–Crippen LogP) is 4.20. The lowest BCUT2D eigenvalue weighted by Gasteiger charge is -1.99. The lowest BCUT2D eigenvalue weighted by atomic mass is 10.1. The van der Waals surface area contributed by atoms with Gasteiger partial charge in [-0.3, -0.25) is 0 Å². The number of hydrogen-bond donors (Lipinski definition) is 0. The van der Waals surface area contributed by atoms with Crippen LogP contribution in [0.4, 0.5) is 0 Å². The van der Waals surface area contributed by atoms with Crippen molar-refractivity contribution >= 4 is 27.5 Å². The van der Waals surface area contributed by atoms with Crippen molar-refractivity contribution in [2.75, 3.05) is 0 Å². The Morgan fingerprint density at radius 3 is 2.80 bits per heavy atom. The second-order valence-corrected chi connectivity index (χ2v) is 4.24. The standard InChI is InChI=1S/C11H9BrClNO/c1-7-2-3-8(4-10(7)13)11-5-9(6-12)15-14-11/h2-5H,6H2,1H3. The molecule has 0 aliphatic rings. The summed E-state index contributed by atoms with van der Waals surface area (Å²) in [4.78, 5) is 0. The molecule has 2 nitrogen and oxygen atoms in total. The molecule has 0 atom stereocenters. The van der Waals surface area contributed by atoms with E-state index in [2.05, 4.69) is 21.1 Å². The van der Waals surface area contributed by atoms with Gasteiger partial charge in [0, 0.05) is 16.7 Å². The maximum absolute atomic E-state index is 6.04. The van der Waals surface area contributed by atoms with Crippen LogP contribution in [0.2, 0.25) is 5.02 Å². The second kappa shape index (κ2) is 4.37. The van der Waals surface area contributed by atoms with Crippen LogP contribution in [0.1, 0.15) is 11.3 Å². The normalized spacial score (nSPS) is 10.6. The zero-order valence-electron chi connectivity index (χ0n) is 8.13. The highest BCUT2D eigenvalue weighted by Crippen LogP contribution is 2.25. The van der Waals surface area contributed by atoms with E-state index in [-0.39, 0.29) is 0 Å². The molecule has 2 rings (SSSR count). The summed E-state index contributed by atoms with van der Waals surface area (Å²) >= 11 is 9.35. The fourth-order valence-corrected chi connectivity index (χ4v) is 1.71. The topological polar surface area (TPSA) is 26.0 Å². The van der Waals surface area contributed by atoms with Crippen molar-refractivity contribution in [1.82, 2.24) is 5.16 Å². The largest absolute Gasteiger partial charge is 0.360 e. The van der Waals surface area contributed by atoms with Crippen molar-refractivity contribution in [1.29, 1.82) is 0 Å². The van der Waals surface area contributed by atoms with Gasteiger partial charge < -0.3 is 4.52 Å².